The van der Waals surface area contributed by atoms with E-state index in [0.29, 0.717) is 18.4 Å². The first-order valence-electron chi connectivity index (χ1n) is 5.90. The van der Waals surface area contributed by atoms with E-state index in [-0.39, 0.29) is 12.1 Å². The van der Waals surface area contributed by atoms with Gasteiger partial charge in [0, 0.05) is 18.8 Å². The first-order chi connectivity index (χ1) is 7.15. The van der Waals surface area contributed by atoms with Gasteiger partial charge < -0.3 is 9.47 Å². The standard InChI is InChI=1S/C12H22O3/c1-4-5-6-11-8-14-7-9(2)12(11)15-10(3)13/h9,11-12H,4-8H2,1-3H3. The number of esters is 1. The average molecular weight is 214 g/mol. The summed E-state index contributed by atoms with van der Waals surface area (Å²) in [5, 5.41) is 0. The molecular formula is C12H22O3. The van der Waals surface area contributed by atoms with Crippen LogP contribution in [0.5, 0.6) is 0 Å². The highest BCUT2D eigenvalue weighted by Gasteiger charge is 2.33. The van der Waals surface area contributed by atoms with Crippen molar-refractivity contribution < 1.29 is 14.3 Å². The number of hydrogen-bond acceptors (Lipinski definition) is 3. The Kier molecular flexibility index (Phi) is 5.09. The van der Waals surface area contributed by atoms with Gasteiger partial charge in [0.05, 0.1) is 13.2 Å². The SMILES string of the molecule is CCCCC1COCC(C)C1OC(C)=O. The van der Waals surface area contributed by atoms with Crippen molar-refractivity contribution in [3.05, 3.63) is 0 Å². The molecule has 3 unspecified atom stereocenters. The summed E-state index contributed by atoms with van der Waals surface area (Å²) in [5.41, 5.74) is 0. The van der Waals surface area contributed by atoms with Crippen molar-refractivity contribution in [3.8, 4) is 0 Å². The normalized spacial score (nSPS) is 31.3. The molecule has 15 heavy (non-hydrogen) atoms. The van der Waals surface area contributed by atoms with E-state index < -0.39 is 0 Å². The molecule has 88 valence electrons. The van der Waals surface area contributed by atoms with E-state index in [2.05, 4.69) is 13.8 Å². The molecule has 1 aliphatic rings. The van der Waals surface area contributed by atoms with Gasteiger partial charge in [0.2, 0.25) is 0 Å². The quantitative estimate of drug-likeness (QED) is 0.674. The zero-order chi connectivity index (χ0) is 11.3. The van der Waals surface area contributed by atoms with Gasteiger partial charge >= 0.3 is 5.97 Å². The third-order valence-electron chi connectivity index (χ3n) is 2.97. The number of ether oxygens (including phenoxy) is 2. The van der Waals surface area contributed by atoms with Crippen molar-refractivity contribution in [3.63, 3.8) is 0 Å². The monoisotopic (exact) mass is 214 g/mol. The van der Waals surface area contributed by atoms with E-state index in [1.807, 2.05) is 0 Å². The van der Waals surface area contributed by atoms with Gasteiger partial charge in [0.1, 0.15) is 6.10 Å². The first kappa shape index (κ1) is 12.5. The first-order valence-corrected chi connectivity index (χ1v) is 5.90. The molecule has 1 aliphatic heterocycles. The molecule has 0 amide bonds. The van der Waals surface area contributed by atoms with Crippen molar-refractivity contribution in [1.82, 2.24) is 0 Å². The summed E-state index contributed by atoms with van der Waals surface area (Å²) >= 11 is 0. The molecule has 1 fully saturated rings. The van der Waals surface area contributed by atoms with Crippen molar-refractivity contribution >= 4 is 5.97 Å². The van der Waals surface area contributed by atoms with Gasteiger partial charge in [0.15, 0.2) is 0 Å². The molecule has 0 spiro atoms. The van der Waals surface area contributed by atoms with E-state index in [1.54, 1.807) is 0 Å². The van der Waals surface area contributed by atoms with Gasteiger partial charge in [-0.2, -0.15) is 0 Å². The summed E-state index contributed by atoms with van der Waals surface area (Å²) in [6.45, 7) is 7.20. The lowest BCUT2D eigenvalue weighted by Crippen LogP contribution is -2.41. The summed E-state index contributed by atoms with van der Waals surface area (Å²) in [5.74, 6) is 0.539. The van der Waals surface area contributed by atoms with Crippen molar-refractivity contribution in [2.45, 2.75) is 46.1 Å². The smallest absolute Gasteiger partial charge is 0.302 e. The van der Waals surface area contributed by atoms with Crippen LogP contribution in [-0.4, -0.2) is 25.3 Å². The van der Waals surface area contributed by atoms with Crippen LogP contribution in [-0.2, 0) is 14.3 Å². The van der Waals surface area contributed by atoms with E-state index in [9.17, 15) is 4.79 Å². The van der Waals surface area contributed by atoms with Crippen molar-refractivity contribution in [2.75, 3.05) is 13.2 Å². The van der Waals surface area contributed by atoms with Crippen LogP contribution in [0.4, 0.5) is 0 Å². The number of rotatable bonds is 4. The van der Waals surface area contributed by atoms with Gasteiger partial charge in [-0.05, 0) is 6.42 Å². The van der Waals surface area contributed by atoms with Crippen LogP contribution in [0.3, 0.4) is 0 Å². The Morgan fingerprint density at radius 2 is 2.20 bits per heavy atom. The molecule has 1 saturated heterocycles. The fraction of sp³-hybridized carbons (Fsp3) is 0.917. The van der Waals surface area contributed by atoms with Gasteiger partial charge in [-0.1, -0.05) is 26.7 Å². The summed E-state index contributed by atoms with van der Waals surface area (Å²) in [7, 11) is 0. The lowest BCUT2D eigenvalue weighted by Gasteiger charge is -2.35. The lowest BCUT2D eigenvalue weighted by atomic mass is 9.87. The Balaban J connectivity index is 2.51. The summed E-state index contributed by atoms with van der Waals surface area (Å²) in [4.78, 5) is 11.0. The second-order valence-electron chi connectivity index (χ2n) is 4.49. The van der Waals surface area contributed by atoms with Crippen molar-refractivity contribution in [2.24, 2.45) is 11.8 Å². The van der Waals surface area contributed by atoms with Crippen LogP contribution in [0.25, 0.3) is 0 Å². The lowest BCUT2D eigenvalue weighted by molar-refractivity contribution is -0.162. The molecule has 0 aliphatic carbocycles. The maximum absolute atomic E-state index is 11.0. The molecule has 0 N–H and O–H groups in total. The maximum Gasteiger partial charge on any atom is 0.302 e. The molecule has 1 rings (SSSR count). The second kappa shape index (κ2) is 6.11. The molecular weight excluding hydrogens is 192 g/mol. The molecule has 0 radical (unpaired) electrons. The van der Waals surface area contributed by atoms with Gasteiger partial charge in [-0.15, -0.1) is 0 Å². The zero-order valence-corrected chi connectivity index (χ0v) is 9.99. The minimum atomic E-state index is -0.171. The summed E-state index contributed by atoms with van der Waals surface area (Å²) in [6, 6.07) is 0. The number of unbranched alkanes of at least 4 members (excludes halogenated alkanes) is 1. The van der Waals surface area contributed by atoms with Crippen LogP contribution in [0.1, 0.15) is 40.0 Å². The van der Waals surface area contributed by atoms with Gasteiger partial charge in [-0.25, -0.2) is 0 Å². The third-order valence-corrected chi connectivity index (χ3v) is 2.97. The predicted molar refractivity (Wildman–Crippen MR) is 58.6 cm³/mol. The molecule has 0 aromatic heterocycles. The fourth-order valence-electron chi connectivity index (χ4n) is 2.18. The Bertz CT molecular complexity index is 203. The summed E-state index contributed by atoms with van der Waals surface area (Å²) < 4.78 is 10.9. The zero-order valence-electron chi connectivity index (χ0n) is 9.99. The maximum atomic E-state index is 11.0. The van der Waals surface area contributed by atoms with Crippen LogP contribution < -0.4 is 0 Å². The van der Waals surface area contributed by atoms with Crippen LogP contribution >= 0.6 is 0 Å². The molecule has 0 bridgehead atoms. The largest absolute Gasteiger partial charge is 0.462 e. The third kappa shape index (κ3) is 3.82. The molecule has 3 heteroatoms. The number of carbonyl (C=O) groups excluding carboxylic acids is 1. The Hall–Kier alpha value is -0.570. The second-order valence-corrected chi connectivity index (χ2v) is 4.49. The Morgan fingerprint density at radius 1 is 1.47 bits per heavy atom. The highest BCUT2D eigenvalue weighted by molar-refractivity contribution is 5.66. The van der Waals surface area contributed by atoms with E-state index in [4.69, 9.17) is 9.47 Å². The van der Waals surface area contributed by atoms with E-state index in [1.165, 1.54) is 19.8 Å². The van der Waals surface area contributed by atoms with Crippen LogP contribution in [0.2, 0.25) is 0 Å². The highest BCUT2D eigenvalue weighted by Crippen LogP contribution is 2.27. The molecule has 0 saturated carbocycles. The Morgan fingerprint density at radius 3 is 2.80 bits per heavy atom. The fourth-order valence-corrected chi connectivity index (χ4v) is 2.18. The van der Waals surface area contributed by atoms with Gasteiger partial charge in [-0.3, -0.25) is 4.79 Å². The topological polar surface area (TPSA) is 35.5 Å². The number of hydrogen-bond donors (Lipinski definition) is 0. The molecule has 3 nitrogen and oxygen atoms in total. The van der Waals surface area contributed by atoms with Crippen LogP contribution in [0.15, 0.2) is 0 Å². The molecule has 0 aromatic carbocycles. The van der Waals surface area contributed by atoms with Gasteiger partial charge in [0.25, 0.3) is 0 Å². The summed E-state index contributed by atoms with van der Waals surface area (Å²) in [6.07, 6.45) is 3.51. The van der Waals surface area contributed by atoms with E-state index in [0.717, 1.165) is 13.0 Å². The highest BCUT2D eigenvalue weighted by atomic mass is 16.6. The minimum absolute atomic E-state index is 0.0581. The molecule has 1 heterocycles. The Labute approximate surface area is 92.1 Å². The minimum Gasteiger partial charge on any atom is -0.462 e. The average Bonchev–Trinajstić information content (AvgIpc) is 2.18. The molecule has 0 aromatic rings. The predicted octanol–water partition coefficient (Wildman–Crippen LogP) is 2.39. The van der Waals surface area contributed by atoms with Crippen LogP contribution in [0, 0.1) is 11.8 Å². The molecule has 3 atom stereocenters. The van der Waals surface area contributed by atoms with E-state index >= 15 is 0 Å². The number of carbonyl (C=O) groups is 1. The van der Waals surface area contributed by atoms with Crippen molar-refractivity contribution in [1.29, 1.82) is 0 Å².